The van der Waals surface area contributed by atoms with Crippen molar-refractivity contribution in [1.82, 2.24) is 4.98 Å². The van der Waals surface area contributed by atoms with E-state index in [1.54, 1.807) is 0 Å². The number of nitrogens with zero attached hydrogens (tertiary/aromatic N) is 1. The molecule has 1 aromatic heterocycles. The lowest BCUT2D eigenvalue weighted by atomic mass is 10.2. The van der Waals surface area contributed by atoms with E-state index in [1.807, 2.05) is 6.20 Å². The smallest absolute Gasteiger partial charge is 0.0404 e. The zero-order valence-corrected chi connectivity index (χ0v) is 8.13. The van der Waals surface area contributed by atoms with Crippen LogP contribution in [-0.4, -0.2) is 4.98 Å². The molecule has 0 aliphatic heterocycles. The van der Waals surface area contributed by atoms with Crippen molar-refractivity contribution >= 4 is 22.6 Å². The first kappa shape index (κ1) is 7.98. The second-order valence-corrected chi connectivity index (χ2v) is 3.46. The number of aryl methyl sites for hydroxylation is 1. The fraction of sp³-hybridized carbons (Fsp3) is 0.375. The van der Waals surface area contributed by atoms with E-state index in [0.29, 0.717) is 0 Å². The monoisotopic (exact) mass is 247 g/mol. The van der Waals surface area contributed by atoms with Gasteiger partial charge in [0.25, 0.3) is 0 Å². The van der Waals surface area contributed by atoms with Crippen molar-refractivity contribution in [1.29, 1.82) is 0 Å². The van der Waals surface area contributed by atoms with Gasteiger partial charge in [0.1, 0.15) is 0 Å². The SMILES string of the molecule is CCCc1ccc(I)cn1. The van der Waals surface area contributed by atoms with E-state index in [9.17, 15) is 0 Å². The Labute approximate surface area is 75.0 Å². The number of hydrogen-bond donors (Lipinski definition) is 0. The Morgan fingerprint density at radius 1 is 1.50 bits per heavy atom. The summed E-state index contributed by atoms with van der Waals surface area (Å²) in [7, 11) is 0. The van der Waals surface area contributed by atoms with E-state index in [-0.39, 0.29) is 0 Å². The third-order valence-corrected chi connectivity index (χ3v) is 1.93. The highest BCUT2D eigenvalue weighted by Crippen LogP contribution is 2.04. The number of halogens is 1. The molecular formula is C8H10IN. The van der Waals surface area contributed by atoms with Gasteiger partial charge >= 0.3 is 0 Å². The summed E-state index contributed by atoms with van der Waals surface area (Å²) in [6.07, 6.45) is 4.18. The third-order valence-electron chi connectivity index (χ3n) is 1.29. The molecule has 1 rings (SSSR count). The molecule has 1 nitrogen and oxygen atoms in total. The largest absolute Gasteiger partial charge is 0.260 e. The summed E-state index contributed by atoms with van der Waals surface area (Å²) in [5.74, 6) is 0. The highest BCUT2D eigenvalue weighted by Gasteiger charge is 1.90. The Hall–Kier alpha value is -0.120. The molecule has 10 heavy (non-hydrogen) atoms. The van der Waals surface area contributed by atoms with Gasteiger partial charge in [-0.3, -0.25) is 4.98 Å². The van der Waals surface area contributed by atoms with Crippen molar-refractivity contribution < 1.29 is 0 Å². The maximum Gasteiger partial charge on any atom is 0.0404 e. The summed E-state index contributed by atoms with van der Waals surface area (Å²) in [6.45, 7) is 2.17. The Morgan fingerprint density at radius 3 is 2.80 bits per heavy atom. The van der Waals surface area contributed by atoms with Crippen LogP contribution in [-0.2, 0) is 6.42 Å². The van der Waals surface area contributed by atoms with E-state index in [0.717, 1.165) is 6.42 Å². The minimum Gasteiger partial charge on any atom is -0.260 e. The Balaban J connectivity index is 2.69. The van der Waals surface area contributed by atoms with Gasteiger partial charge in [-0.2, -0.15) is 0 Å². The lowest BCUT2D eigenvalue weighted by Gasteiger charge is -1.95. The predicted octanol–water partition coefficient (Wildman–Crippen LogP) is 2.64. The molecule has 0 spiro atoms. The van der Waals surface area contributed by atoms with Crippen LogP contribution in [0.4, 0.5) is 0 Å². The fourth-order valence-corrected chi connectivity index (χ4v) is 1.13. The predicted molar refractivity (Wildman–Crippen MR) is 50.9 cm³/mol. The van der Waals surface area contributed by atoms with E-state index in [1.165, 1.54) is 15.7 Å². The molecule has 0 N–H and O–H groups in total. The lowest BCUT2D eigenvalue weighted by Crippen LogP contribution is -1.87. The topological polar surface area (TPSA) is 12.9 Å². The van der Waals surface area contributed by atoms with Gasteiger partial charge in [-0.1, -0.05) is 13.3 Å². The van der Waals surface area contributed by atoms with Crippen LogP contribution >= 0.6 is 22.6 Å². The molecular weight excluding hydrogens is 237 g/mol. The summed E-state index contributed by atoms with van der Waals surface area (Å²) >= 11 is 2.26. The summed E-state index contributed by atoms with van der Waals surface area (Å²) in [5, 5.41) is 0. The molecule has 0 unspecified atom stereocenters. The molecule has 0 saturated heterocycles. The molecule has 0 amide bonds. The highest BCUT2D eigenvalue weighted by atomic mass is 127. The number of aromatic nitrogens is 1. The van der Waals surface area contributed by atoms with Gasteiger partial charge in [-0.25, -0.2) is 0 Å². The van der Waals surface area contributed by atoms with Gasteiger partial charge in [0.05, 0.1) is 0 Å². The van der Waals surface area contributed by atoms with Gasteiger partial charge < -0.3 is 0 Å². The van der Waals surface area contributed by atoms with Crippen molar-refractivity contribution in [3.05, 3.63) is 27.6 Å². The van der Waals surface area contributed by atoms with Gasteiger partial charge in [0.2, 0.25) is 0 Å². The van der Waals surface area contributed by atoms with E-state index >= 15 is 0 Å². The first-order valence-electron chi connectivity index (χ1n) is 3.43. The van der Waals surface area contributed by atoms with Crippen molar-refractivity contribution in [2.24, 2.45) is 0 Å². The van der Waals surface area contributed by atoms with Crippen LogP contribution in [0.25, 0.3) is 0 Å². The second-order valence-electron chi connectivity index (χ2n) is 2.22. The Kier molecular flexibility index (Phi) is 3.12. The van der Waals surface area contributed by atoms with Crippen molar-refractivity contribution in [3.8, 4) is 0 Å². The minimum atomic E-state index is 1.09. The molecule has 0 atom stereocenters. The van der Waals surface area contributed by atoms with Crippen LogP contribution in [0.2, 0.25) is 0 Å². The van der Waals surface area contributed by atoms with Crippen LogP contribution in [0, 0.1) is 3.57 Å². The molecule has 2 heteroatoms. The molecule has 0 aliphatic rings. The summed E-state index contributed by atoms with van der Waals surface area (Å²) in [5.41, 5.74) is 1.20. The summed E-state index contributed by atoms with van der Waals surface area (Å²) in [6, 6.07) is 4.18. The normalized spacial score (nSPS) is 9.80. The standard InChI is InChI=1S/C8H10IN/c1-2-3-8-5-4-7(9)6-10-8/h4-6H,2-3H2,1H3. The second kappa shape index (κ2) is 3.91. The third kappa shape index (κ3) is 2.25. The molecule has 54 valence electrons. The molecule has 0 radical (unpaired) electrons. The minimum absolute atomic E-state index is 1.09. The molecule has 0 aromatic carbocycles. The van der Waals surface area contributed by atoms with E-state index in [4.69, 9.17) is 0 Å². The number of pyridine rings is 1. The average molecular weight is 247 g/mol. The molecule has 0 bridgehead atoms. The van der Waals surface area contributed by atoms with Crippen LogP contribution in [0.15, 0.2) is 18.3 Å². The Morgan fingerprint density at radius 2 is 2.30 bits per heavy atom. The summed E-state index contributed by atoms with van der Waals surface area (Å²) < 4.78 is 1.21. The number of rotatable bonds is 2. The first-order valence-corrected chi connectivity index (χ1v) is 4.51. The van der Waals surface area contributed by atoms with Crippen LogP contribution in [0.1, 0.15) is 19.0 Å². The van der Waals surface area contributed by atoms with E-state index < -0.39 is 0 Å². The highest BCUT2D eigenvalue weighted by molar-refractivity contribution is 14.1. The van der Waals surface area contributed by atoms with E-state index in [2.05, 4.69) is 46.6 Å². The van der Waals surface area contributed by atoms with Gasteiger partial charge in [0.15, 0.2) is 0 Å². The number of hydrogen-bond acceptors (Lipinski definition) is 1. The molecule has 0 saturated carbocycles. The molecule has 1 aromatic rings. The van der Waals surface area contributed by atoms with Crippen LogP contribution in [0.3, 0.4) is 0 Å². The maximum absolute atomic E-state index is 4.26. The van der Waals surface area contributed by atoms with Crippen LogP contribution in [0.5, 0.6) is 0 Å². The molecule has 1 heterocycles. The zero-order valence-electron chi connectivity index (χ0n) is 5.97. The van der Waals surface area contributed by atoms with Crippen molar-refractivity contribution in [3.63, 3.8) is 0 Å². The Bertz CT molecular complexity index is 193. The zero-order chi connectivity index (χ0) is 7.40. The van der Waals surface area contributed by atoms with Gasteiger partial charge in [0, 0.05) is 15.5 Å². The fourth-order valence-electron chi connectivity index (χ4n) is 0.810. The van der Waals surface area contributed by atoms with Gasteiger partial charge in [-0.15, -0.1) is 0 Å². The molecule has 0 aliphatic carbocycles. The average Bonchev–Trinajstić information content (AvgIpc) is 1.95. The lowest BCUT2D eigenvalue weighted by molar-refractivity contribution is 0.881. The molecule has 0 fully saturated rings. The van der Waals surface area contributed by atoms with Crippen molar-refractivity contribution in [2.75, 3.05) is 0 Å². The van der Waals surface area contributed by atoms with Gasteiger partial charge in [-0.05, 0) is 41.1 Å². The maximum atomic E-state index is 4.26. The quantitative estimate of drug-likeness (QED) is 0.732. The van der Waals surface area contributed by atoms with Crippen LogP contribution < -0.4 is 0 Å². The summed E-state index contributed by atoms with van der Waals surface area (Å²) in [4.78, 5) is 4.26. The van der Waals surface area contributed by atoms with Crippen molar-refractivity contribution in [2.45, 2.75) is 19.8 Å². The first-order chi connectivity index (χ1) is 4.83.